The van der Waals surface area contributed by atoms with Crippen molar-refractivity contribution in [3.05, 3.63) is 22.2 Å². The molecular formula is C13H21N5O2. The Morgan fingerprint density at radius 3 is 2.60 bits per heavy atom. The monoisotopic (exact) mass is 279 g/mol. The largest absolute Gasteiger partial charge is 0.351 e. The number of nitrogen functional groups attached to an aromatic ring is 1. The van der Waals surface area contributed by atoms with Crippen LogP contribution in [0.25, 0.3) is 0 Å². The maximum atomic E-state index is 11.1. The molecule has 1 aromatic rings. The summed E-state index contributed by atoms with van der Waals surface area (Å²) in [7, 11) is 0. The molecular weight excluding hydrogens is 258 g/mol. The van der Waals surface area contributed by atoms with Gasteiger partial charge in [0.1, 0.15) is 5.82 Å². The fourth-order valence-electron chi connectivity index (χ4n) is 2.67. The van der Waals surface area contributed by atoms with Gasteiger partial charge in [0.15, 0.2) is 0 Å². The van der Waals surface area contributed by atoms with Crippen LogP contribution in [0.1, 0.15) is 26.7 Å². The minimum Gasteiger partial charge on any atom is -0.351 e. The van der Waals surface area contributed by atoms with Crippen LogP contribution in [0, 0.1) is 22.0 Å². The second-order valence-corrected chi connectivity index (χ2v) is 5.51. The summed E-state index contributed by atoms with van der Waals surface area (Å²) in [6.45, 7) is 6.04. The number of nitrogens with two attached hydrogens (primary N) is 1. The van der Waals surface area contributed by atoms with Gasteiger partial charge in [0.25, 0.3) is 0 Å². The van der Waals surface area contributed by atoms with Gasteiger partial charge in [0, 0.05) is 19.2 Å². The van der Waals surface area contributed by atoms with E-state index in [9.17, 15) is 10.1 Å². The summed E-state index contributed by atoms with van der Waals surface area (Å²) in [5.41, 5.74) is 2.47. The van der Waals surface area contributed by atoms with Crippen molar-refractivity contribution in [1.29, 1.82) is 0 Å². The van der Waals surface area contributed by atoms with Gasteiger partial charge in [0.05, 0.1) is 4.92 Å². The molecule has 20 heavy (non-hydrogen) atoms. The summed E-state index contributed by atoms with van der Waals surface area (Å²) in [4.78, 5) is 17.0. The van der Waals surface area contributed by atoms with Gasteiger partial charge in [-0.05, 0) is 30.7 Å². The summed E-state index contributed by atoms with van der Waals surface area (Å²) in [6, 6.07) is 2.97. The highest BCUT2D eigenvalue weighted by atomic mass is 16.6. The number of nitro groups is 1. The van der Waals surface area contributed by atoms with Crippen LogP contribution in [0.15, 0.2) is 12.1 Å². The molecule has 110 valence electrons. The smallest absolute Gasteiger partial charge is 0.311 e. The van der Waals surface area contributed by atoms with Crippen molar-refractivity contribution in [2.24, 2.45) is 17.7 Å². The van der Waals surface area contributed by atoms with Crippen LogP contribution in [0.4, 0.5) is 17.3 Å². The second kappa shape index (κ2) is 6.04. The average Bonchev–Trinajstić information content (AvgIpc) is 2.46. The quantitative estimate of drug-likeness (QED) is 0.498. The SMILES string of the molecule is CC(C)C1CCN(c2nc(NN)ccc2[N+](=O)[O-])CC1. The molecule has 0 saturated carbocycles. The minimum absolute atomic E-state index is 0.0343. The first-order valence-corrected chi connectivity index (χ1v) is 6.90. The molecule has 1 aromatic heterocycles. The fraction of sp³-hybridized carbons (Fsp3) is 0.615. The number of rotatable bonds is 4. The molecule has 0 spiro atoms. The molecule has 7 heteroatoms. The topological polar surface area (TPSA) is 97.3 Å². The van der Waals surface area contributed by atoms with Crippen molar-refractivity contribution in [3.63, 3.8) is 0 Å². The van der Waals surface area contributed by atoms with Crippen LogP contribution in [0.5, 0.6) is 0 Å². The van der Waals surface area contributed by atoms with Crippen molar-refractivity contribution in [1.82, 2.24) is 4.98 Å². The average molecular weight is 279 g/mol. The molecule has 1 saturated heterocycles. The predicted octanol–water partition coefficient (Wildman–Crippen LogP) is 2.15. The molecule has 0 radical (unpaired) electrons. The van der Waals surface area contributed by atoms with Gasteiger partial charge in [-0.3, -0.25) is 10.1 Å². The first-order chi connectivity index (χ1) is 9.52. The Balaban J connectivity index is 2.21. The number of piperidine rings is 1. The van der Waals surface area contributed by atoms with Gasteiger partial charge >= 0.3 is 5.69 Å². The number of aromatic nitrogens is 1. The zero-order chi connectivity index (χ0) is 14.7. The molecule has 0 unspecified atom stereocenters. The van der Waals surface area contributed by atoms with E-state index in [1.807, 2.05) is 4.90 Å². The lowest BCUT2D eigenvalue weighted by molar-refractivity contribution is -0.384. The summed E-state index contributed by atoms with van der Waals surface area (Å²) in [6.07, 6.45) is 2.08. The Kier molecular flexibility index (Phi) is 4.39. The maximum Gasteiger partial charge on any atom is 0.311 e. The lowest BCUT2D eigenvalue weighted by atomic mass is 9.87. The number of hydrogen-bond donors (Lipinski definition) is 2. The molecule has 1 aliphatic rings. The zero-order valence-electron chi connectivity index (χ0n) is 11.9. The van der Waals surface area contributed by atoms with Crippen LogP contribution < -0.4 is 16.2 Å². The molecule has 0 bridgehead atoms. The number of pyridine rings is 1. The number of anilines is 2. The van der Waals surface area contributed by atoms with E-state index in [0.717, 1.165) is 25.9 Å². The Morgan fingerprint density at radius 1 is 1.45 bits per heavy atom. The number of hydrazine groups is 1. The van der Waals surface area contributed by atoms with E-state index >= 15 is 0 Å². The molecule has 2 heterocycles. The van der Waals surface area contributed by atoms with E-state index in [2.05, 4.69) is 24.3 Å². The standard InChI is InChI=1S/C13H21N5O2/c1-9(2)10-5-7-17(8-6-10)13-11(18(19)20)3-4-12(15-13)16-14/h3-4,9-10H,5-8,14H2,1-2H3,(H,15,16). The highest BCUT2D eigenvalue weighted by Gasteiger charge is 2.27. The molecule has 0 aromatic carbocycles. The maximum absolute atomic E-state index is 11.1. The first kappa shape index (κ1) is 14.5. The molecule has 3 N–H and O–H groups in total. The first-order valence-electron chi connectivity index (χ1n) is 6.90. The molecule has 0 aliphatic carbocycles. The third kappa shape index (κ3) is 2.98. The third-order valence-electron chi connectivity index (χ3n) is 3.98. The Bertz CT molecular complexity index is 484. The van der Waals surface area contributed by atoms with Gasteiger partial charge in [0.2, 0.25) is 5.82 Å². The Morgan fingerprint density at radius 2 is 2.10 bits per heavy atom. The van der Waals surface area contributed by atoms with Crippen LogP contribution in [-0.4, -0.2) is 23.0 Å². The molecule has 1 aliphatic heterocycles. The van der Waals surface area contributed by atoms with Gasteiger partial charge in [-0.25, -0.2) is 10.8 Å². The number of nitrogens with one attached hydrogen (secondary N) is 1. The van der Waals surface area contributed by atoms with E-state index in [1.54, 1.807) is 0 Å². The zero-order valence-corrected chi connectivity index (χ0v) is 11.9. The van der Waals surface area contributed by atoms with Gasteiger partial charge in [-0.15, -0.1) is 0 Å². The summed E-state index contributed by atoms with van der Waals surface area (Å²) >= 11 is 0. The van der Waals surface area contributed by atoms with E-state index in [1.165, 1.54) is 12.1 Å². The predicted molar refractivity (Wildman–Crippen MR) is 78.5 cm³/mol. The van der Waals surface area contributed by atoms with Crippen LogP contribution in [0.2, 0.25) is 0 Å². The van der Waals surface area contributed by atoms with Crippen LogP contribution in [-0.2, 0) is 0 Å². The highest BCUT2D eigenvalue weighted by Crippen LogP contribution is 2.32. The molecule has 2 rings (SSSR count). The normalized spacial score (nSPS) is 16.5. The minimum atomic E-state index is -0.392. The lowest BCUT2D eigenvalue weighted by Crippen LogP contribution is -2.36. The summed E-state index contributed by atoms with van der Waals surface area (Å²) in [5.74, 6) is 7.52. The van der Waals surface area contributed by atoms with Gasteiger partial charge < -0.3 is 10.3 Å². The fourth-order valence-corrected chi connectivity index (χ4v) is 2.67. The number of hydrogen-bond acceptors (Lipinski definition) is 6. The second-order valence-electron chi connectivity index (χ2n) is 5.51. The van der Waals surface area contributed by atoms with Crippen molar-refractivity contribution in [2.45, 2.75) is 26.7 Å². The van der Waals surface area contributed by atoms with Crippen molar-refractivity contribution in [2.75, 3.05) is 23.4 Å². The van der Waals surface area contributed by atoms with E-state index in [-0.39, 0.29) is 5.69 Å². The molecule has 7 nitrogen and oxygen atoms in total. The van der Waals surface area contributed by atoms with Gasteiger partial charge in [-0.1, -0.05) is 13.8 Å². The Hall–Kier alpha value is -1.89. The van der Waals surface area contributed by atoms with E-state index < -0.39 is 4.92 Å². The van der Waals surface area contributed by atoms with Crippen molar-refractivity contribution < 1.29 is 4.92 Å². The summed E-state index contributed by atoms with van der Waals surface area (Å²) < 4.78 is 0. The van der Waals surface area contributed by atoms with Gasteiger partial charge in [-0.2, -0.15) is 0 Å². The van der Waals surface area contributed by atoms with Crippen LogP contribution >= 0.6 is 0 Å². The molecule has 0 atom stereocenters. The van der Waals surface area contributed by atoms with Crippen molar-refractivity contribution in [3.8, 4) is 0 Å². The molecule has 1 fully saturated rings. The highest BCUT2D eigenvalue weighted by molar-refractivity contribution is 5.61. The molecule has 0 amide bonds. The Labute approximate surface area is 118 Å². The lowest BCUT2D eigenvalue weighted by Gasteiger charge is -2.34. The van der Waals surface area contributed by atoms with E-state index in [4.69, 9.17) is 5.84 Å². The number of nitrogens with zero attached hydrogens (tertiary/aromatic N) is 3. The van der Waals surface area contributed by atoms with E-state index in [0.29, 0.717) is 23.5 Å². The third-order valence-corrected chi connectivity index (χ3v) is 3.98. The van der Waals surface area contributed by atoms with Crippen LogP contribution in [0.3, 0.4) is 0 Å². The van der Waals surface area contributed by atoms with Crippen molar-refractivity contribution >= 4 is 17.3 Å². The summed E-state index contributed by atoms with van der Waals surface area (Å²) in [5, 5.41) is 11.1.